The van der Waals surface area contributed by atoms with Crippen molar-refractivity contribution in [3.8, 4) is 0 Å². The fourth-order valence-electron chi connectivity index (χ4n) is 3.27. The van der Waals surface area contributed by atoms with Crippen LogP contribution in [-0.2, 0) is 4.74 Å². The molecule has 2 heterocycles. The van der Waals surface area contributed by atoms with Crippen LogP contribution in [0.3, 0.4) is 0 Å². The lowest BCUT2D eigenvalue weighted by Crippen LogP contribution is -2.34. The SMILES string of the molecule is Cc1cc(N=c2oc3ccc(Cl)cc3cc2C(=O)NCC2CCCO2)ccc1F. The normalized spacial score (nSPS) is 17.1. The number of nitrogens with one attached hydrogen (secondary N) is 1. The van der Waals surface area contributed by atoms with E-state index in [1.165, 1.54) is 12.1 Å². The van der Waals surface area contributed by atoms with Crippen molar-refractivity contribution in [3.63, 3.8) is 0 Å². The lowest BCUT2D eigenvalue weighted by Gasteiger charge is -2.11. The quantitative estimate of drug-likeness (QED) is 0.674. The van der Waals surface area contributed by atoms with Gasteiger partial charge in [0.05, 0.1) is 11.8 Å². The van der Waals surface area contributed by atoms with Crippen molar-refractivity contribution in [2.75, 3.05) is 13.2 Å². The lowest BCUT2D eigenvalue weighted by atomic mass is 10.1. The molecule has 1 saturated heterocycles. The van der Waals surface area contributed by atoms with Crippen molar-refractivity contribution in [1.82, 2.24) is 5.32 Å². The number of ether oxygens (including phenoxy) is 1. The lowest BCUT2D eigenvalue weighted by molar-refractivity contribution is 0.0854. The van der Waals surface area contributed by atoms with Crippen molar-refractivity contribution >= 4 is 34.2 Å². The first-order valence-corrected chi connectivity index (χ1v) is 9.81. The van der Waals surface area contributed by atoms with Crippen LogP contribution < -0.4 is 10.9 Å². The highest BCUT2D eigenvalue weighted by atomic mass is 35.5. The average Bonchev–Trinajstić information content (AvgIpc) is 3.22. The topological polar surface area (TPSA) is 63.8 Å². The predicted molar refractivity (Wildman–Crippen MR) is 109 cm³/mol. The fourth-order valence-corrected chi connectivity index (χ4v) is 3.45. The number of aryl methyl sites for hydroxylation is 1. The monoisotopic (exact) mass is 414 g/mol. The highest BCUT2D eigenvalue weighted by molar-refractivity contribution is 6.31. The molecule has 1 atom stereocenters. The Labute approximate surface area is 172 Å². The van der Waals surface area contributed by atoms with Gasteiger partial charge in [-0.1, -0.05) is 11.6 Å². The third kappa shape index (κ3) is 4.49. The average molecular weight is 415 g/mol. The molecule has 5 nitrogen and oxygen atoms in total. The molecule has 1 aliphatic rings. The zero-order chi connectivity index (χ0) is 20.4. The Kier molecular flexibility index (Phi) is 5.65. The number of carbonyl (C=O) groups is 1. The van der Waals surface area contributed by atoms with Gasteiger partial charge in [-0.15, -0.1) is 0 Å². The molecule has 4 rings (SSSR count). The van der Waals surface area contributed by atoms with E-state index in [9.17, 15) is 9.18 Å². The molecular weight excluding hydrogens is 395 g/mol. The molecule has 0 saturated carbocycles. The Morgan fingerprint density at radius 3 is 2.90 bits per heavy atom. The molecule has 0 spiro atoms. The molecule has 1 unspecified atom stereocenters. The van der Waals surface area contributed by atoms with Crippen LogP contribution in [0.25, 0.3) is 11.0 Å². The van der Waals surface area contributed by atoms with E-state index in [1.54, 1.807) is 37.3 Å². The van der Waals surface area contributed by atoms with E-state index in [0.29, 0.717) is 33.8 Å². The maximum Gasteiger partial charge on any atom is 0.256 e. The van der Waals surface area contributed by atoms with Crippen molar-refractivity contribution < 1.29 is 18.3 Å². The fraction of sp³-hybridized carbons (Fsp3) is 0.273. The number of hydrogen-bond donors (Lipinski definition) is 1. The second-order valence-corrected chi connectivity index (χ2v) is 7.47. The summed E-state index contributed by atoms with van der Waals surface area (Å²) in [6, 6.07) is 11.3. The molecule has 0 bridgehead atoms. The van der Waals surface area contributed by atoms with Gasteiger partial charge in [-0.3, -0.25) is 4.79 Å². The molecule has 150 valence electrons. The zero-order valence-corrected chi connectivity index (χ0v) is 16.6. The molecule has 7 heteroatoms. The van der Waals surface area contributed by atoms with Gasteiger partial charge >= 0.3 is 0 Å². The van der Waals surface area contributed by atoms with Gasteiger partial charge in [-0.05, 0) is 67.8 Å². The maximum atomic E-state index is 13.6. The van der Waals surface area contributed by atoms with Gasteiger partial charge in [-0.2, -0.15) is 0 Å². The molecule has 0 radical (unpaired) electrons. The summed E-state index contributed by atoms with van der Waals surface area (Å²) in [5.74, 6) is -0.632. The van der Waals surface area contributed by atoms with Gasteiger partial charge in [0.15, 0.2) is 0 Å². The van der Waals surface area contributed by atoms with Crippen LogP contribution in [0.4, 0.5) is 10.1 Å². The van der Waals surface area contributed by atoms with Gasteiger partial charge < -0.3 is 14.5 Å². The Bertz CT molecular complexity index is 1140. The summed E-state index contributed by atoms with van der Waals surface area (Å²) in [5, 5.41) is 4.12. The number of carbonyl (C=O) groups excluding carboxylic acids is 1. The summed E-state index contributed by atoms with van der Waals surface area (Å²) < 4.78 is 25.1. The zero-order valence-electron chi connectivity index (χ0n) is 15.9. The standard InChI is InChI=1S/C22H20ClFN2O3/c1-13-9-16(5-6-19(13)24)26-22-18(21(27)25-12-17-3-2-8-28-17)11-14-10-15(23)4-7-20(14)29-22/h4-7,9-11,17H,2-3,8,12H2,1H3,(H,25,27). The minimum atomic E-state index is -0.316. The molecule has 1 N–H and O–H groups in total. The van der Waals surface area contributed by atoms with Crippen LogP contribution in [0.15, 0.2) is 51.9 Å². The molecule has 29 heavy (non-hydrogen) atoms. The molecule has 1 aromatic heterocycles. The summed E-state index contributed by atoms with van der Waals surface area (Å²) in [5.41, 5.74) is 1.93. The second-order valence-electron chi connectivity index (χ2n) is 7.04. The van der Waals surface area contributed by atoms with Gasteiger partial charge in [0, 0.05) is 23.6 Å². The van der Waals surface area contributed by atoms with E-state index in [4.69, 9.17) is 20.8 Å². The van der Waals surface area contributed by atoms with Crippen LogP contribution in [0.5, 0.6) is 0 Å². The van der Waals surface area contributed by atoms with E-state index in [2.05, 4.69) is 10.3 Å². The first kappa shape index (κ1) is 19.6. The Balaban J connectivity index is 1.76. The number of rotatable bonds is 4. The summed E-state index contributed by atoms with van der Waals surface area (Å²) in [6.07, 6.45) is 1.93. The van der Waals surface area contributed by atoms with Crippen molar-refractivity contribution in [2.24, 2.45) is 4.99 Å². The van der Waals surface area contributed by atoms with Gasteiger partial charge in [0.25, 0.3) is 5.91 Å². The minimum absolute atomic E-state index is 0.0194. The summed E-state index contributed by atoms with van der Waals surface area (Å²) in [6.45, 7) is 2.79. The van der Waals surface area contributed by atoms with E-state index >= 15 is 0 Å². The molecule has 1 aliphatic heterocycles. The van der Waals surface area contributed by atoms with Crippen LogP contribution in [0.2, 0.25) is 5.02 Å². The number of benzene rings is 2. The highest BCUT2D eigenvalue weighted by Crippen LogP contribution is 2.21. The summed E-state index contributed by atoms with van der Waals surface area (Å²) >= 11 is 6.08. The molecule has 2 aromatic carbocycles. The molecule has 0 aliphatic carbocycles. The highest BCUT2D eigenvalue weighted by Gasteiger charge is 2.18. The minimum Gasteiger partial charge on any atom is -0.438 e. The third-order valence-electron chi connectivity index (χ3n) is 4.84. The number of hydrogen-bond acceptors (Lipinski definition) is 4. The molecular formula is C22H20ClFN2O3. The number of fused-ring (bicyclic) bond motifs is 1. The first-order valence-electron chi connectivity index (χ1n) is 9.44. The van der Waals surface area contributed by atoms with Crippen molar-refractivity contribution in [1.29, 1.82) is 0 Å². The van der Waals surface area contributed by atoms with Crippen LogP contribution in [0.1, 0.15) is 28.8 Å². The van der Waals surface area contributed by atoms with E-state index in [0.717, 1.165) is 19.4 Å². The van der Waals surface area contributed by atoms with E-state index in [-0.39, 0.29) is 28.9 Å². The van der Waals surface area contributed by atoms with Gasteiger partial charge in [-0.25, -0.2) is 9.38 Å². The van der Waals surface area contributed by atoms with E-state index in [1.807, 2.05) is 0 Å². The second kappa shape index (κ2) is 8.35. The van der Waals surface area contributed by atoms with Crippen LogP contribution in [0, 0.1) is 12.7 Å². The first-order chi connectivity index (χ1) is 14.0. The van der Waals surface area contributed by atoms with Gasteiger partial charge in [0.1, 0.15) is 17.0 Å². The Hall–Kier alpha value is -2.70. The smallest absolute Gasteiger partial charge is 0.256 e. The Morgan fingerprint density at radius 2 is 2.14 bits per heavy atom. The molecule has 1 amide bonds. The van der Waals surface area contributed by atoms with Crippen LogP contribution in [-0.4, -0.2) is 25.2 Å². The summed E-state index contributed by atoms with van der Waals surface area (Å²) in [4.78, 5) is 17.3. The van der Waals surface area contributed by atoms with Crippen molar-refractivity contribution in [3.05, 3.63) is 70.0 Å². The van der Waals surface area contributed by atoms with E-state index < -0.39 is 0 Å². The van der Waals surface area contributed by atoms with Crippen LogP contribution >= 0.6 is 11.6 Å². The maximum absolute atomic E-state index is 13.6. The van der Waals surface area contributed by atoms with Crippen molar-refractivity contribution in [2.45, 2.75) is 25.9 Å². The predicted octanol–water partition coefficient (Wildman–Crippen LogP) is 4.67. The summed E-state index contributed by atoms with van der Waals surface area (Å²) in [7, 11) is 0. The van der Waals surface area contributed by atoms with Gasteiger partial charge in [0.2, 0.25) is 5.55 Å². The third-order valence-corrected chi connectivity index (χ3v) is 5.07. The number of amides is 1. The number of nitrogens with zero attached hydrogens (tertiary/aromatic N) is 1. The number of halogens is 2. The molecule has 3 aromatic rings. The molecule has 1 fully saturated rings. The Morgan fingerprint density at radius 1 is 1.28 bits per heavy atom. The largest absolute Gasteiger partial charge is 0.438 e.